The number of carbonyl (C=O) groups is 1. The second-order valence-electron chi connectivity index (χ2n) is 6.35. The first kappa shape index (κ1) is 19.7. The molecule has 0 aliphatic carbocycles. The molecule has 3 nitrogen and oxygen atoms in total. The maximum absolute atomic E-state index is 11.9. The molecule has 129 valence electrons. The Balaban J connectivity index is 1.97. The maximum atomic E-state index is 11.9. The topological polar surface area (TPSA) is 52.9 Å². The summed E-state index contributed by atoms with van der Waals surface area (Å²) in [4.78, 5) is 11.9. The zero-order chi connectivity index (χ0) is 16.8. The number of rotatable bonds is 13. The van der Waals surface area contributed by atoms with Gasteiger partial charge in [0.15, 0.2) is 0 Å². The van der Waals surface area contributed by atoms with Crippen molar-refractivity contribution in [3.63, 3.8) is 0 Å². The van der Waals surface area contributed by atoms with Gasteiger partial charge in [0.1, 0.15) is 0 Å². The highest BCUT2D eigenvalue weighted by Gasteiger charge is 2.02. The van der Waals surface area contributed by atoms with Crippen molar-refractivity contribution in [1.29, 1.82) is 0 Å². The van der Waals surface area contributed by atoms with E-state index in [1.165, 1.54) is 51.4 Å². The molecule has 0 unspecified atom stereocenters. The first-order chi connectivity index (χ1) is 11.3. The van der Waals surface area contributed by atoms with Crippen molar-refractivity contribution in [2.24, 2.45) is 0 Å². The Labute approximate surface area is 142 Å². The van der Waals surface area contributed by atoms with Crippen LogP contribution < -0.4 is 11.1 Å². The van der Waals surface area contributed by atoms with E-state index in [2.05, 4.69) is 12.2 Å². The van der Waals surface area contributed by atoms with E-state index in [0.717, 1.165) is 24.1 Å². The van der Waals surface area contributed by atoms with Crippen LogP contribution in [0.5, 0.6) is 0 Å². The van der Waals surface area contributed by atoms with Crippen LogP contribution in [0.15, 0.2) is 24.3 Å². The van der Waals surface area contributed by atoms with Crippen LogP contribution in [0.3, 0.4) is 0 Å². The van der Waals surface area contributed by atoms with Crippen molar-refractivity contribution < 1.29 is 4.79 Å². The van der Waals surface area contributed by atoms with Gasteiger partial charge in [-0.25, -0.2) is 0 Å². The summed E-state index contributed by atoms with van der Waals surface area (Å²) in [7, 11) is 0. The molecular weight excluding hydrogens is 284 g/mol. The molecule has 3 heteroatoms. The van der Waals surface area contributed by atoms with E-state index in [-0.39, 0.29) is 12.5 Å². The van der Waals surface area contributed by atoms with Crippen LogP contribution in [0.4, 0.5) is 5.69 Å². The molecule has 0 aromatic heterocycles. The van der Waals surface area contributed by atoms with Gasteiger partial charge in [0.25, 0.3) is 0 Å². The van der Waals surface area contributed by atoms with Crippen molar-refractivity contribution >= 4 is 11.6 Å². The van der Waals surface area contributed by atoms with E-state index in [4.69, 9.17) is 5.73 Å². The number of benzene rings is 1. The van der Waals surface area contributed by atoms with Gasteiger partial charge in [-0.05, 0) is 24.1 Å². The summed E-state index contributed by atoms with van der Waals surface area (Å²) >= 11 is 0. The fraction of sp³-hybridized carbons (Fsp3) is 0.650. The molecule has 0 saturated carbocycles. The molecule has 1 radical (unpaired) electrons. The second kappa shape index (κ2) is 13.1. The molecule has 0 saturated heterocycles. The first-order valence-corrected chi connectivity index (χ1v) is 9.29. The molecular formula is C20H33N2O. The minimum atomic E-state index is 0.100. The number of nitrogens with one attached hydrogen (secondary N) is 2. The lowest BCUT2D eigenvalue weighted by Crippen LogP contribution is -2.11. The molecule has 0 aliphatic rings. The SMILES string of the molecule is CCCCCCCCCCCCC(=O)Nc1ccc(C[NH])cc1. The van der Waals surface area contributed by atoms with Crippen molar-refractivity contribution in [3.05, 3.63) is 29.8 Å². The Hall–Kier alpha value is -1.35. The van der Waals surface area contributed by atoms with Crippen LogP contribution in [0.1, 0.15) is 83.1 Å². The van der Waals surface area contributed by atoms with E-state index in [9.17, 15) is 4.79 Å². The zero-order valence-electron chi connectivity index (χ0n) is 14.7. The molecule has 23 heavy (non-hydrogen) atoms. The Morgan fingerprint density at radius 3 is 1.91 bits per heavy atom. The van der Waals surface area contributed by atoms with Gasteiger partial charge >= 0.3 is 0 Å². The Kier molecular flexibility index (Phi) is 11.2. The number of amides is 1. The van der Waals surface area contributed by atoms with E-state index >= 15 is 0 Å². The summed E-state index contributed by atoms with van der Waals surface area (Å²) in [6.07, 6.45) is 13.5. The van der Waals surface area contributed by atoms with Crippen molar-refractivity contribution in [2.45, 2.75) is 84.1 Å². The lowest BCUT2D eigenvalue weighted by Gasteiger charge is -2.06. The smallest absolute Gasteiger partial charge is 0.224 e. The average Bonchev–Trinajstić information content (AvgIpc) is 2.57. The fourth-order valence-corrected chi connectivity index (χ4v) is 2.70. The van der Waals surface area contributed by atoms with E-state index in [1.807, 2.05) is 24.3 Å². The van der Waals surface area contributed by atoms with Crippen LogP contribution in [0.2, 0.25) is 0 Å². The molecule has 1 amide bonds. The van der Waals surface area contributed by atoms with Crippen LogP contribution in [-0.2, 0) is 11.3 Å². The molecule has 1 aromatic rings. The number of anilines is 1. The van der Waals surface area contributed by atoms with Gasteiger partial charge in [0, 0.05) is 18.7 Å². The second-order valence-corrected chi connectivity index (χ2v) is 6.35. The number of carbonyl (C=O) groups excluding carboxylic acids is 1. The van der Waals surface area contributed by atoms with E-state index in [1.54, 1.807) is 0 Å². The lowest BCUT2D eigenvalue weighted by molar-refractivity contribution is -0.116. The highest BCUT2D eigenvalue weighted by atomic mass is 16.1. The molecule has 0 bridgehead atoms. The third kappa shape index (κ3) is 10.1. The Bertz CT molecular complexity index is 414. The summed E-state index contributed by atoms with van der Waals surface area (Å²) in [5.74, 6) is 0.100. The molecule has 0 heterocycles. The normalized spacial score (nSPS) is 10.7. The quantitative estimate of drug-likeness (QED) is 0.465. The number of unbranched alkanes of at least 4 members (excludes halogenated alkanes) is 9. The van der Waals surface area contributed by atoms with Crippen LogP contribution >= 0.6 is 0 Å². The molecule has 2 N–H and O–H groups in total. The summed E-state index contributed by atoms with van der Waals surface area (Å²) in [6.45, 7) is 2.54. The van der Waals surface area contributed by atoms with E-state index < -0.39 is 0 Å². The van der Waals surface area contributed by atoms with Gasteiger partial charge in [-0.1, -0.05) is 76.8 Å². The van der Waals surface area contributed by atoms with Gasteiger partial charge in [0.2, 0.25) is 5.91 Å². The first-order valence-electron chi connectivity index (χ1n) is 9.29. The fourth-order valence-electron chi connectivity index (χ4n) is 2.70. The molecule has 1 rings (SSSR count). The summed E-state index contributed by atoms with van der Waals surface area (Å²) in [5, 5.41) is 2.92. The Morgan fingerprint density at radius 1 is 0.870 bits per heavy atom. The average molecular weight is 317 g/mol. The number of hydrogen-bond donors (Lipinski definition) is 1. The predicted molar refractivity (Wildman–Crippen MR) is 98.3 cm³/mol. The van der Waals surface area contributed by atoms with Crippen LogP contribution in [0, 0.1) is 0 Å². The number of hydrogen-bond acceptors (Lipinski definition) is 1. The van der Waals surface area contributed by atoms with Crippen molar-refractivity contribution in [2.75, 3.05) is 5.32 Å². The summed E-state index contributed by atoms with van der Waals surface area (Å²) in [5.41, 5.74) is 9.07. The highest BCUT2D eigenvalue weighted by Crippen LogP contribution is 2.13. The molecule has 0 spiro atoms. The summed E-state index contributed by atoms with van der Waals surface area (Å²) < 4.78 is 0. The predicted octanol–water partition coefficient (Wildman–Crippen LogP) is 5.72. The molecule has 0 atom stereocenters. The lowest BCUT2D eigenvalue weighted by atomic mass is 10.1. The van der Waals surface area contributed by atoms with Gasteiger partial charge in [-0.15, -0.1) is 0 Å². The monoisotopic (exact) mass is 317 g/mol. The van der Waals surface area contributed by atoms with E-state index in [0.29, 0.717) is 6.42 Å². The Morgan fingerprint density at radius 2 is 1.39 bits per heavy atom. The zero-order valence-corrected chi connectivity index (χ0v) is 14.7. The molecule has 0 fully saturated rings. The molecule has 1 aromatic carbocycles. The minimum Gasteiger partial charge on any atom is -0.326 e. The summed E-state index contributed by atoms with van der Waals surface area (Å²) in [6, 6.07) is 7.53. The largest absolute Gasteiger partial charge is 0.326 e. The highest BCUT2D eigenvalue weighted by molar-refractivity contribution is 5.90. The minimum absolute atomic E-state index is 0.100. The van der Waals surface area contributed by atoms with Gasteiger partial charge in [-0.2, -0.15) is 0 Å². The standard InChI is InChI=1S/C20H33N2O/c1-2-3-4-5-6-7-8-9-10-11-12-20(23)22-19-15-13-18(17-21)14-16-19/h13-16,21H,2-12,17H2,1H3,(H,22,23). The van der Waals surface area contributed by atoms with Crippen LogP contribution in [-0.4, -0.2) is 5.91 Å². The van der Waals surface area contributed by atoms with Gasteiger partial charge < -0.3 is 5.32 Å². The van der Waals surface area contributed by atoms with Crippen LogP contribution in [0.25, 0.3) is 0 Å². The van der Waals surface area contributed by atoms with Crippen molar-refractivity contribution in [3.8, 4) is 0 Å². The maximum Gasteiger partial charge on any atom is 0.224 e. The van der Waals surface area contributed by atoms with Gasteiger partial charge in [-0.3, -0.25) is 10.5 Å². The van der Waals surface area contributed by atoms with Crippen molar-refractivity contribution in [1.82, 2.24) is 5.73 Å². The third-order valence-electron chi connectivity index (χ3n) is 4.20. The van der Waals surface area contributed by atoms with Gasteiger partial charge in [0.05, 0.1) is 0 Å². The molecule has 0 aliphatic heterocycles. The third-order valence-corrected chi connectivity index (χ3v) is 4.20.